The van der Waals surface area contributed by atoms with Crippen LogP contribution in [0.4, 0.5) is 11.5 Å². The van der Waals surface area contributed by atoms with Crippen molar-refractivity contribution in [3.8, 4) is 11.5 Å². The van der Waals surface area contributed by atoms with Gasteiger partial charge in [-0.2, -0.15) is 4.98 Å². The summed E-state index contributed by atoms with van der Waals surface area (Å²) in [4.78, 5) is 16.8. The van der Waals surface area contributed by atoms with Gasteiger partial charge in [-0.05, 0) is 69.2 Å². The first-order valence-corrected chi connectivity index (χ1v) is 11.0. The monoisotopic (exact) mass is 425 g/mol. The van der Waals surface area contributed by atoms with E-state index in [9.17, 15) is 4.79 Å². The average molecular weight is 426 g/mol. The van der Waals surface area contributed by atoms with Crippen molar-refractivity contribution in [3.63, 3.8) is 0 Å². The summed E-state index contributed by atoms with van der Waals surface area (Å²) >= 11 is 0. The number of nitrogens with one attached hydrogen (secondary N) is 4. The summed E-state index contributed by atoms with van der Waals surface area (Å²) in [6, 6.07) is 6.43. The highest BCUT2D eigenvalue weighted by Crippen LogP contribution is 2.40. The van der Waals surface area contributed by atoms with Crippen molar-refractivity contribution in [1.82, 2.24) is 20.2 Å². The SMILES string of the molecule is Cc1ccc2c(c1)Nc1nc(=O)n(CC3CCC(NCCCNC(=N)N)CC3)cc1O2. The molecule has 1 fully saturated rings. The van der Waals surface area contributed by atoms with E-state index in [0.717, 1.165) is 55.6 Å². The molecule has 2 heterocycles. The Morgan fingerprint density at radius 3 is 2.87 bits per heavy atom. The number of aryl methyl sites for hydroxylation is 1. The fourth-order valence-electron chi connectivity index (χ4n) is 4.29. The first-order chi connectivity index (χ1) is 15.0. The highest BCUT2D eigenvalue weighted by Gasteiger charge is 2.24. The standard InChI is InChI=1S/C22H31N7O2/c1-14-3-8-18-17(11-14)27-20-19(31-18)13-29(22(30)28-20)12-15-4-6-16(7-5-15)25-9-2-10-26-21(23)24/h3,8,11,13,15-16,25H,2,4-7,9-10,12H2,1H3,(H4,23,24,26)(H,27,28,30). The Kier molecular flexibility index (Phi) is 6.41. The molecule has 9 heteroatoms. The van der Waals surface area contributed by atoms with Crippen molar-refractivity contribution < 1.29 is 4.74 Å². The van der Waals surface area contributed by atoms with Crippen LogP contribution in [0.5, 0.6) is 11.5 Å². The number of anilines is 2. The topological polar surface area (TPSA) is 130 Å². The minimum atomic E-state index is -0.246. The number of nitrogens with two attached hydrogens (primary N) is 1. The number of guanidine groups is 1. The van der Waals surface area contributed by atoms with Crippen LogP contribution in [0, 0.1) is 18.3 Å². The lowest BCUT2D eigenvalue weighted by Gasteiger charge is -2.30. The normalized spacial score (nSPS) is 19.5. The lowest BCUT2D eigenvalue weighted by molar-refractivity contribution is 0.264. The zero-order valence-electron chi connectivity index (χ0n) is 17.9. The summed E-state index contributed by atoms with van der Waals surface area (Å²) in [6.45, 7) is 4.31. The van der Waals surface area contributed by atoms with Gasteiger partial charge in [0.15, 0.2) is 23.3 Å². The van der Waals surface area contributed by atoms with E-state index in [1.165, 1.54) is 0 Å². The van der Waals surface area contributed by atoms with E-state index >= 15 is 0 Å². The summed E-state index contributed by atoms with van der Waals surface area (Å²) in [5.74, 6) is 2.29. The molecule has 2 aromatic rings. The molecule has 1 aromatic carbocycles. The minimum absolute atomic E-state index is 0.0212. The van der Waals surface area contributed by atoms with Gasteiger partial charge >= 0.3 is 5.69 Å². The van der Waals surface area contributed by atoms with Crippen molar-refractivity contribution in [2.24, 2.45) is 11.7 Å². The molecule has 0 unspecified atom stereocenters. The van der Waals surface area contributed by atoms with E-state index in [-0.39, 0.29) is 11.6 Å². The van der Waals surface area contributed by atoms with Crippen LogP contribution in [-0.4, -0.2) is 34.6 Å². The molecular formula is C22H31N7O2. The number of rotatable bonds is 7. The molecule has 6 N–H and O–H groups in total. The molecule has 9 nitrogen and oxygen atoms in total. The van der Waals surface area contributed by atoms with Gasteiger partial charge in [0, 0.05) is 19.1 Å². The van der Waals surface area contributed by atoms with Crippen LogP contribution in [0.2, 0.25) is 0 Å². The van der Waals surface area contributed by atoms with E-state index in [1.807, 2.05) is 25.1 Å². The number of hydrogen-bond acceptors (Lipinski definition) is 6. The maximum atomic E-state index is 12.6. The highest BCUT2D eigenvalue weighted by molar-refractivity contribution is 5.74. The van der Waals surface area contributed by atoms with Crippen molar-refractivity contribution in [2.45, 2.75) is 51.6 Å². The molecule has 0 saturated heterocycles. The Bertz CT molecular complexity index is 996. The summed E-state index contributed by atoms with van der Waals surface area (Å²) in [7, 11) is 0. The number of fused-ring (bicyclic) bond motifs is 2. The van der Waals surface area contributed by atoms with Crippen molar-refractivity contribution >= 4 is 17.5 Å². The largest absolute Gasteiger partial charge is 0.450 e. The number of ether oxygens (including phenoxy) is 1. The molecular weight excluding hydrogens is 394 g/mol. The van der Waals surface area contributed by atoms with E-state index in [1.54, 1.807) is 10.8 Å². The Morgan fingerprint density at radius 2 is 2.10 bits per heavy atom. The van der Waals surface area contributed by atoms with Crippen LogP contribution >= 0.6 is 0 Å². The van der Waals surface area contributed by atoms with Gasteiger partial charge in [-0.15, -0.1) is 0 Å². The summed E-state index contributed by atoms with van der Waals surface area (Å²) in [6.07, 6.45) is 7.08. The number of nitrogens with zero attached hydrogens (tertiary/aromatic N) is 2. The third kappa shape index (κ3) is 5.35. The van der Waals surface area contributed by atoms with Crippen LogP contribution in [0.3, 0.4) is 0 Å². The second-order valence-corrected chi connectivity index (χ2v) is 8.48. The first kappa shape index (κ1) is 21.2. The Morgan fingerprint density at radius 1 is 1.29 bits per heavy atom. The second-order valence-electron chi connectivity index (χ2n) is 8.48. The van der Waals surface area contributed by atoms with E-state index < -0.39 is 0 Å². The maximum absolute atomic E-state index is 12.6. The number of benzene rings is 1. The van der Waals surface area contributed by atoms with Gasteiger partial charge in [-0.1, -0.05) is 6.07 Å². The molecule has 0 atom stereocenters. The van der Waals surface area contributed by atoms with Crippen LogP contribution in [-0.2, 0) is 6.54 Å². The van der Waals surface area contributed by atoms with Crippen molar-refractivity contribution in [3.05, 3.63) is 40.4 Å². The summed E-state index contributed by atoms with van der Waals surface area (Å²) < 4.78 is 7.68. The predicted molar refractivity (Wildman–Crippen MR) is 121 cm³/mol. The van der Waals surface area contributed by atoms with E-state index in [4.69, 9.17) is 15.9 Å². The zero-order valence-corrected chi connectivity index (χ0v) is 17.9. The Hall–Kier alpha value is -3.07. The van der Waals surface area contributed by atoms with E-state index in [2.05, 4.69) is 20.9 Å². The molecule has 0 bridgehead atoms. The van der Waals surface area contributed by atoms with Gasteiger partial charge in [-0.25, -0.2) is 4.79 Å². The second kappa shape index (κ2) is 9.38. The van der Waals surface area contributed by atoms with Crippen LogP contribution in [0.15, 0.2) is 29.2 Å². The average Bonchev–Trinajstić information content (AvgIpc) is 2.74. The fourth-order valence-corrected chi connectivity index (χ4v) is 4.29. The van der Waals surface area contributed by atoms with Crippen molar-refractivity contribution in [2.75, 3.05) is 18.4 Å². The van der Waals surface area contributed by atoms with Gasteiger partial charge in [0.25, 0.3) is 0 Å². The maximum Gasteiger partial charge on any atom is 0.349 e. The quantitative estimate of drug-likeness (QED) is 0.223. The molecule has 31 heavy (non-hydrogen) atoms. The third-order valence-corrected chi connectivity index (χ3v) is 5.97. The summed E-state index contributed by atoms with van der Waals surface area (Å²) in [5, 5.41) is 16.8. The molecule has 166 valence electrons. The van der Waals surface area contributed by atoms with Gasteiger partial charge in [0.05, 0.1) is 11.9 Å². The highest BCUT2D eigenvalue weighted by atomic mass is 16.5. The van der Waals surface area contributed by atoms with Crippen LogP contribution < -0.4 is 32.1 Å². The van der Waals surface area contributed by atoms with Crippen LogP contribution in [0.25, 0.3) is 0 Å². The third-order valence-electron chi connectivity index (χ3n) is 5.97. The molecule has 1 aliphatic carbocycles. The first-order valence-electron chi connectivity index (χ1n) is 11.0. The van der Waals surface area contributed by atoms with E-state index in [0.29, 0.717) is 36.6 Å². The van der Waals surface area contributed by atoms with Gasteiger partial charge in [0.1, 0.15) is 0 Å². The molecule has 0 radical (unpaired) electrons. The van der Waals surface area contributed by atoms with Crippen LogP contribution in [0.1, 0.15) is 37.7 Å². The predicted octanol–water partition coefficient (Wildman–Crippen LogP) is 2.42. The molecule has 0 spiro atoms. The lowest BCUT2D eigenvalue weighted by atomic mass is 9.86. The molecule has 4 rings (SSSR count). The molecule has 1 aliphatic heterocycles. The Labute approximate surface area is 181 Å². The molecule has 1 aromatic heterocycles. The lowest BCUT2D eigenvalue weighted by Crippen LogP contribution is -2.37. The summed E-state index contributed by atoms with van der Waals surface area (Å²) in [5.41, 5.74) is 6.99. The molecule has 2 aliphatic rings. The Balaban J connectivity index is 1.29. The van der Waals surface area contributed by atoms with Gasteiger partial charge < -0.3 is 26.4 Å². The zero-order chi connectivity index (χ0) is 21.8. The minimum Gasteiger partial charge on any atom is -0.450 e. The van der Waals surface area contributed by atoms with Gasteiger partial charge in [-0.3, -0.25) is 9.98 Å². The number of aromatic nitrogens is 2. The fraction of sp³-hybridized carbons (Fsp3) is 0.500. The molecule has 0 amide bonds. The number of hydrogen-bond donors (Lipinski definition) is 5. The van der Waals surface area contributed by atoms with Crippen molar-refractivity contribution in [1.29, 1.82) is 5.41 Å². The van der Waals surface area contributed by atoms with Gasteiger partial charge in [0.2, 0.25) is 0 Å². The molecule has 1 saturated carbocycles. The smallest absolute Gasteiger partial charge is 0.349 e.